The zero-order chi connectivity index (χ0) is 24.2. The highest BCUT2D eigenvalue weighted by Gasteiger charge is 2.20. The van der Waals surface area contributed by atoms with Crippen molar-refractivity contribution < 1.29 is 28.4 Å². The predicted octanol–water partition coefficient (Wildman–Crippen LogP) is 4.87. The molecular formula is C24H25N3O6S. The molecule has 0 aliphatic heterocycles. The number of nitrogens with zero attached hydrogens (tertiary/aromatic N) is 3. The van der Waals surface area contributed by atoms with Gasteiger partial charge >= 0.3 is 0 Å². The molecule has 0 spiro atoms. The first-order valence-corrected chi connectivity index (χ1v) is 11.1. The minimum atomic E-state index is 0.511. The average Bonchev–Trinajstić information content (AvgIpc) is 3.47. The Kier molecular flexibility index (Phi) is 6.78. The number of imidazole rings is 1. The fourth-order valence-corrected chi connectivity index (χ4v) is 4.33. The smallest absolute Gasteiger partial charge is 0.203 e. The van der Waals surface area contributed by atoms with E-state index in [1.165, 1.54) is 11.3 Å². The van der Waals surface area contributed by atoms with E-state index in [-0.39, 0.29) is 0 Å². The van der Waals surface area contributed by atoms with Crippen molar-refractivity contribution >= 4 is 28.3 Å². The average molecular weight is 484 g/mol. The van der Waals surface area contributed by atoms with E-state index in [4.69, 9.17) is 38.4 Å². The molecule has 0 saturated carbocycles. The van der Waals surface area contributed by atoms with Crippen molar-refractivity contribution in [1.29, 1.82) is 0 Å². The lowest BCUT2D eigenvalue weighted by atomic mass is 10.1. The highest BCUT2D eigenvalue weighted by atomic mass is 32.1. The second-order valence-electron chi connectivity index (χ2n) is 6.97. The molecule has 0 saturated heterocycles. The summed E-state index contributed by atoms with van der Waals surface area (Å²) >= 11 is 1.52. The Morgan fingerprint density at radius 3 is 1.79 bits per heavy atom. The summed E-state index contributed by atoms with van der Waals surface area (Å²) in [6.07, 6.45) is 3.66. The van der Waals surface area contributed by atoms with Gasteiger partial charge in [-0.2, -0.15) is 0 Å². The Balaban J connectivity index is 1.85. The Hall–Kier alpha value is -3.92. The Morgan fingerprint density at radius 2 is 1.29 bits per heavy atom. The van der Waals surface area contributed by atoms with Crippen LogP contribution in [0.5, 0.6) is 34.5 Å². The van der Waals surface area contributed by atoms with Gasteiger partial charge in [0.05, 0.1) is 42.7 Å². The molecule has 34 heavy (non-hydrogen) atoms. The molecule has 0 aliphatic carbocycles. The highest BCUT2D eigenvalue weighted by molar-refractivity contribution is 7.15. The first-order valence-electron chi connectivity index (χ1n) is 10.2. The van der Waals surface area contributed by atoms with Gasteiger partial charge in [0.25, 0.3) is 0 Å². The molecule has 0 N–H and O–H groups in total. The van der Waals surface area contributed by atoms with Gasteiger partial charge in [0, 0.05) is 28.9 Å². The van der Waals surface area contributed by atoms with Crippen LogP contribution in [0.1, 0.15) is 5.56 Å². The lowest BCUT2D eigenvalue weighted by Gasteiger charge is -2.13. The summed E-state index contributed by atoms with van der Waals surface area (Å²) in [6, 6.07) is 7.37. The molecule has 0 aliphatic rings. The number of rotatable bonds is 9. The Bertz CT molecular complexity index is 1290. The van der Waals surface area contributed by atoms with Gasteiger partial charge in [0.15, 0.2) is 33.8 Å². The van der Waals surface area contributed by atoms with Crippen molar-refractivity contribution in [3.8, 4) is 45.8 Å². The number of thiazole rings is 1. The van der Waals surface area contributed by atoms with Gasteiger partial charge in [-0.05, 0) is 24.3 Å². The number of aliphatic imine (C=N–C) groups is 1. The minimum Gasteiger partial charge on any atom is -0.493 e. The van der Waals surface area contributed by atoms with Crippen LogP contribution in [0.15, 0.2) is 40.8 Å². The summed E-state index contributed by atoms with van der Waals surface area (Å²) in [5, 5.41) is 1.96. The van der Waals surface area contributed by atoms with Crippen LogP contribution in [-0.4, -0.2) is 58.3 Å². The van der Waals surface area contributed by atoms with E-state index < -0.39 is 0 Å². The van der Waals surface area contributed by atoms with Crippen LogP contribution in [0, 0.1) is 0 Å². The third-order valence-corrected chi connectivity index (χ3v) is 5.95. The molecular weight excluding hydrogens is 458 g/mol. The van der Waals surface area contributed by atoms with E-state index in [0.717, 1.165) is 16.1 Å². The molecule has 0 unspecified atom stereocenters. The lowest BCUT2D eigenvalue weighted by Crippen LogP contribution is -1.97. The van der Waals surface area contributed by atoms with E-state index in [1.807, 2.05) is 40.2 Å². The van der Waals surface area contributed by atoms with Crippen LogP contribution < -0.4 is 28.4 Å². The van der Waals surface area contributed by atoms with Gasteiger partial charge in [-0.25, -0.2) is 9.98 Å². The maximum atomic E-state index is 5.52. The molecule has 2 heterocycles. The Labute approximate surface area is 201 Å². The molecule has 0 atom stereocenters. The standard InChI is InChI=1S/C24H25N3O6S/c1-28-16-9-14(10-17(29-2)21(16)32-5)13-25-23-20(26-24-27(23)7-8-34-24)15-11-18(30-3)22(33-6)19(12-15)31-4/h7-13H,1-6H3/b25-13+. The first kappa shape index (κ1) is 23.2. The molecule has 178 valence electrons. The monoisotopic (exact) mass is 483 g/mol. The third-order valence-electron chi connectivity index (χ3n) is 5.20. The van der Waals surface area contributed by atoms with Crippen LogP contribution in [0.3, 0.4) is 0 Å². The third kappa shape index (κ3) is 4.08. The van der Waals surface area contributed by atoms with Crippen molar-refractivity contribution in [2.45, 2.75) is 0 Å². The van der Waals surface area contributed by atoms with Gasteiger partial charge < -0.3 is 28.4 Å². The fraction of sp³-hybridized carbons (Fsp3) is 0.250. The number of benzene rings is 2. The van der Waals surface area contributed by atoms with Crippen LogP contribution in [-0.2, 0) is 0 Å². The number of hydrogen-bond acceptors (Lipinski definition) is 9. The summed E-state index contributed by atoms with van der Waals surface area (Å²) in [6.45, 7) is 0. The normalized spacial score (nSPS) is 11.1. The van der Waals surface area contributed by atoms with Gasteiger partial charge in [0.1, 0.15) is 5.69 Å². The van der Waals surface area contributed by atoms with Crippen molar-refractivity contribution in [3.63, 3.8) is 0 Å². The summed E-state index contributed by atoms with van der Waals surface area (Å²) in [5.74, 6) is 3.84. The van der Waals surface area contributed by atoms with E-state index >= 15 is 0 Å². The number of aromatic nitrogens is 2. The molecule has 0 bridgehead atoms. The van der Waals surface area contributed by atoms with Gasteiger partial charge in [-0.15, -0.1) is 11.3 Å². The van der Waals surface area contributed by atoms with E-state index in [9.17, 15) is 0 Å². The SMILES string of the molecule is COc1cc(/C=N/c2c(-c3cc(OC)c(OC)c(OC)c3)nc3sccn23)cc(OC)c1OC. The number of hydrogen-bond donors (Lipinski definition) is 0. The molecule has 4 aromatic rings. The number of fused-ring (bicyclic) bond motifs is 1. The second kappa shape index (κ2) is 9.92. The first-order chi connectivity index (χ1) is 16.6. The Morgan fingerprint density at radius 1 is 0.765 bits per heavy atom. The minimum absolute atomic E-state index is 0.511. The quantitative estimate of drug-likeness (QED) is 0.314. The number of ether oxygens (including phenoxy) is 6. The molecule has 0 amide bonds. The summed E-state index contributed by atoms with van der Waals surface area (Å²) in [5.41, 5.74) is 2.23. The lowest BCUT2D eigenvalue weighted by molar-refractivity contribution is 0.324. The molecule has 0 radical (unpaired) electrons. The number of methoxy groups -OCH3 is 6. The maximum Gasteiger partial charge on any atom is 0.203 e. The van der Waals surface area contributed by atoms with E-state index in [2.05, 4.69) is 0 Å². The molecule has 9 nitrogen and oxygen atoms in total. The fourth-order valence-electron chi connectivity index (χ4n) is 3.62. The molecule has 2 aromatic heterocycles. The van der Waals surface area contributed by atoms with Gasteiger partial charge in [0.2, 0.25) is 11.5 Å². The zero-order valence-corrected chi connectivity index (χ0v) is 20.6. The summed E-state index contributed by atoms with van der Waals surface area (Å²) in [7, 11) is 9.45. The highest BCUT2D eigenvalue weighted by Crippen LogP contribution is 2.43. The predicted molar refractivity (Wildman–Crippen MR) is 132 cm³/mol. The maximum absolute atomic E-state index is 5.52. The molecule has 2 aromatic carbocycles. The van der Waals surface area contributed by atoms with Crippen molar-refractivity contribution in [1.82, 2.24) is 9.38 Å². The molecule has 4 rings (SSSR count). The molecule has 0 fully saturated rings. The van der Waals surface area contributed by atoms with Crippen LogP contribution in [0.4, 0.5) is 5.82 Å². The second-order valence-corrected chi connectivity index (χ2v) is 7.84. The van der Waals surface area contributed by atoms with Gasteiger partial charge in [-0.3, -0.25) is 4.40 Å². The topological polar surface area (TPSA) is 85.0 Å². The summed E-state index contributed by atoms with van der Waals surface area (Å²) in [4.78, 5) is 10.4. The van der Waals surface area contributed by atoms with Gasteiger partial charge in [-0.1, -0.05) is 0 Å². The van der Waals surface area contributed by atoms with Crippen LogP contribution in [0.2, 0.25) is 0 Å². The zero-order valence-electron chi connectivity index (χ0n) is 19.7. The van der Waals surface area contributed by atoms with Crippen molar-refractivity contribution in [3.05, 3.63) is 41.4 Å². The molecule has 10 heteroatoms. The largest absolute Gasteiger partial charge is 0.493 e. The van der Waals surface area contributed by atoms with E-state index in [1.54, 1.807) is 48.9 Å². The van der Waals surface area contributed by atoms with Crippen LogP contribution >= 0.6 is 11.3 Å². The van der Waals surface area contributed by atoms with E-state index in [0.29, 0.717) is 46.0 Å². The van der Waals surface area contributed by atoms with Crippen LogP contribution in [0.25, 0.3) is 16.2 Å². The summed E-state index contributed by atoms with van der Waals surface area (Å²) < 4.78 is 34.8. The van der Waals surface area contributed by atoms with Crippen molar-refractivity contribution in [2.24, 2.45) is 4.99 Å². The van der Waals surface area contributed by atoms with Crippen molar-refractivity contribution in [2.75, 3.05) is 42.7 Å².